The van der Waals surface area contributed by atoms with Crippen molar-refractivity contribution in [1.29, 1.82) is 0 Å². The highest BCUT2D eigenvalue weighted by Gasteiger charge is 2.54. The lowest BCUT2D eigenvalue weighted by atomic mass is 9.67. The number of Topliss-reactive ketones (excluding diaryl/α,β-unsaturated/α-hetero) is 1. The van der Waals surface area contributed by atoms with Gasteiger partial charge in [0.25, 0.3) is 0 Å². The molecule has 2 aliphatic rings. The van der Waals surface area contributed by atoms with Gasteiger partial charge in [-0.05, 0) is 29.7 Å². The molecule has 1 aromatic heterocycles. The van der Waals surface area contributed by atoms with Crippen molar-refractivity contribution >= 4 is 55.5 Å². The number of amides is 1. The Kier molecular flexibility index (Phi) is 4.04. The van der Waals surface area contributed by atoms with Gasteiger partial charge < -0.3 is 4.98 Å². The van der Waals surface area contributed by atoms with Gasteiger partial charge in [0.2, 0.25) is 5.91 Å². The van der Waals surface area contributed by atoms with Crippen LogP contribution in [0.5, 0.6) is 0 Å². The second kappa shape index (κ2) is 7.04. The van der Waals surface area contributed by atoms with E-state index in [0.717, 1.165) is 57.4 Å². The molecule has 0 bridgehead atoms. The molecule has 1 saturated carbocycles. The highest BCUT2D eigenvalue weighted by Crippen LogP contribution is 2.52. The van der Waals surface area contributed by atoms with E-state index in [2.05, 4.69) is 41.4 Å². The van der Waals surface area contributed by atoms with Gasteiger partial charge in [-0.1, -0.05) is 92.1 Å². The van der Waals surface area contributed by atoms with Crippen LogP contribution in [0, 0.1) is 5.41 Å². The first-order valence-electron chi connectivity index (χ1n) is 12.1. The molecule has 2 heterocycles. The number of ketones is 1. The maximum absolute atomic E-state index is 14.4. The number of carbonyl (C=O) groups excluding carboxylic acids is 2. The Morgan fingerprint density at radius 3 is 2.15 bits per heavy atom. The number of benzene rings is 4. The number of carbonyl (C=O) groups is 2. The molecule has 1 aliphatic heterocycles. The molecule has 0 atom stereocenters. The zero-order valence-corrected chi connectivity index (χ0v) is 18.8. The number of H-pyrrole nitrogens is 1. The van der Waals surface area contributed by atoms with Crippen molar-refractivity contribution in [2.45, 2.75) is 32.1 Å². The summed E-state index contributed by atoms with van der Waals surface area (Å²) in [5.41, 5.74) is 2.04. The summed E-state index contributed by atoms with van der Waals surface area (Å²) in [5.74, 6) is -0.112. The molecule has 0 radical (unpaired) electrons. The first-order valence-corrected chi connectivity index (χ1v) is 12.1. The predicted octanol–water partition coefficient (Wildman–Crippen LogP) is 7.29. The van der Waals surface area contributed by atoms with Gasteiger partial charge in [0.15, 0.2) is 5.78 Å². The summed E-state index contributed by atoms with van der Waals surface area (Å²) in [6.07, 6.45) is 4.10. The van der Waals surface area contributed by atoms with Crippen LogP contribution in [0.1, 0.15) is 42.6 Å². The number of nitrogens with one attached hydrogen (secondary N) is 1. The lowest BCUT2D eigenvalue weighted by molar-refractivity contribution is -0.126. The van der Waals surface area contributed by atoms with Gasteiger partial charge in [0.1, 0.15) is 11.1 Å². The van der Waals surface area contributed by atoms with E-state index >= 15 is 0 Å². The molecule has 1 spiro atoms. The van der Waals surface area contributed by atoms with Gasteiger partial charge >= 0.3 is 0 Å². The Balaban J connectivity index is 1.60. The van der Waals surface area contributed by atoms with E-state index in [4.69, 9.17) is 0 Å². The molecule has 4 aromatic carbocycles. The van der Waals surface area contributed by atoms with Crippen LogP contribution >= 0.6 is 0 Å². The monoisotopic (exact) mass is 444 g/mol. The quantitative estimate of drug-likeness (QED) is 0.276. The maximum Gasteiger partial charge on any atom is 0.245 e. The minimum Gasteiger partial charge on any atom is -0.350 e. The number of nitrogens with zero attached hydrogens (tertiary/aromatic N) is 1. The summed E-state index contributed by atoms with van der Waals surface area (Å²) in [6, 6.07) is 26.5. The van der Waals surface area contributed by atoms with Crippen LogP contribution < -0.4 is 4.90 Å². The van der Waals surface area contributed by atoms with Crippen molar-refractivity contribution in [2.24, 2.45) is 5.41 Å². The Labute approximate surface area is 197 Å². The van der Waals surface area contributed by atoms with Crippen LogP contribution in [0.2, 0.25) is 0 Å². The smallest absolute Gasteiger partial charge is 0.245 e. The minimum atomic E-state index is -0.987. The summed E-state index contributed by atoms with van der Waals surface area (Å²) in [5, 5.41) is 5.17. The fourth-order valence-corrected chi connectivity index (χ4v) is 6.20. The van der Waals surface area contributed by atoms with E-state index in [1.54, 1.807) is 0 Å². The largest absolute Gasteiger partial charge is 0.350 e. The maximum atomic E-state index is 14.4. The van der Waals surface area contributed by atoms with Crippen LogP contribution in [0.15, 0.2) is 78.9 Å². The summed E-state index contributed by atoms with van der Waals surface area (Å²) in [4.78, 5) is 33.9. The molecule has 4 heteroatoms. The van der Waals surface area contributed by atoms with Crippen molar-refractivity contribution in [3.8, 4) is 0 Å². The molecule has 1 amide bonds. The molecule has 34 heavy (non-hydrogen) atoms. The number of aromatic amines is 1. The Morgan fingerprint density at radius 1 is 0.676 bits per heavy atom. The second-order valence-electron chi connectivity index (χ2n) is 9.67. The summed E-state index contributed by atoms with van der Waals surface area (Å²) >= 11 is 0. The fraction of sp³-hybridized carbons (Fsp3) is 0.200. The summed E-state index contributed by atoms with van der Waals surface area (Å²) < 4.78 is 0. The van der Waals surface area contributed by atoms with Gasteiger partial charge in [0, 0.05) is 16.2 Å². The van der Waals surface area contributed by atoms with Crippen LogP contribution in [0.4, 0.5) is 11.4 Å². The molecule has 1 fully saturated rings. The summed E-state index contributed by atoms with van der Waals surface area (Å²) in [6.45, 7) is 0. The first-order chi connectivity index (χ1) is 16.7. The third-order valence-corrected chi connectivity index (χ3v) is 7.88. The number of anilines is 2. The zero-order valence-electron chi connectivity index (χ0n) is 18.8. The normalized spacial score (nSPS) is 17.7. The molecule has 0 saturated heterocycles. The van der Waals surface area contributed by atoms with Crippen molar-refractivity contribution in [3.63, 3.8) is 0 Å². The molecule has 4 nitrogen and oxygen atoms in total. The summed E-state index contributed by atoms with van der Waals surface area (Å²) in [7, 11) is 0. The van der Waals surface area contributed by atoms with Crippen molar-refractivity contribution in [1.82, 2.24) is 4.98 Å². The number of fused-ring (bicyclic) bond motifs is 6. The van der Waals surface area contributed by atoms with E-state index in [-0.39, 0.29) is 11.7 Å². The third-order valence-electron chi connectivity index (χ3n) is 7.88. The highest BCUT2D eigenvalue weighted by atomic mass is 16.2. The molecule has 5 aromatic rings. The number of hydrogen-bond acceptors (Lipinski definition) is 2. The van der Waals surface area contributed by atoms with E-state index in [0.29, 0.717) is 24.2 Å². The third kappa shape index (κ3) is 2.48. The first kappa shape index (κ1) is 19.5. The molecule has 1 aliphatic carbocycles. The number of rotatable bonds is 1. The average molecular weight is 445 g/mol. The van der Waals surface area contributed by atoms with Crippen molar-refractivity contribution in [3.05, 3.63) is 84.6 Å². The Bertz CT molecular complexity index is 1630. The number of hydrogen-bond donors (Lipinski definition) is 1. The molecule has 1 N–H and O–H groups in total. The SMILES string of the molecule is O=C1c2[nH]c3c(ccc4ccccc43)c2N(c2cccc3ccccc23)C(=O)C12CCCCC2. The van der Waals surface area contributed by atoms with Crippen LogP contribution in [0.3, 0.4) is 0 Å². The molecular formula is C30H24N2O2. The lowest BCUT2D eigenvalue weighted by Crippen LogP contribution is -2.52. The van der Waals surface area contributed by atoms with E-state index in [1.165, 1.54) is 0 Å². The zero-order chi connectivity index (χ0) is 22.9. The van der Waals surface area contributed by atoms with Crippen molar-refractivity contribution in [2.75, 3.05) is 4.90 Å². The van der Waals surface area contributed by atoms with Gasteiger partial charge in [-0.25, -0.2) is 0 Å². The molecule has 7 rings (SSSR count). The highest BCUT2D eigenvalue weighted by molar-refractivity contribution is 6.32. The molecule has 166 valence electrons. The second-order valence-corrected chi connectivity index (χ2v) is 9.67. The van der Waals surface area contributed by atoms with Crippen LogP contribution in [0.25, 0.3) is 32.4 Å². The Hall–Kier alpha value is -3.92. The van der Waals surface area contributed by atoms with E-state index in [1.807, 2.05) is 47.4 Å². The van der Waals surface area contributed by atoms with Gasteiger partial charge in [-0.15, -0.1) is 0 Å². The average Bonchev–Trinajstić information content (AvgIpc) is 3.28. The van der Waals surface area contributed by atoms with E-state index < -0.39 is 5.41 Å². The number of aromatic nitrogens is 1. The van der Waals surface area contributed by atoms with Gasteiger partial charge in [-0.2, -0.15) is 0 Å². The molecular weight excluding hydrogens is 420 g/mol. The van der Waals surface area contributed by atoms with Crippen molar-refractivity contribution < 1.29 is 9.59 Å². The molecule has 0 unspecified atom stereocenters. The topological polar surface area (TPSA) is 53.2 Å². The Morgan fingerprint density at radius 2 is 1.35 bits per heavy atom. The van der Waals surface area contributed by atoms with E-state index in [9.17, 15) is 9.59 Å². The predicted molar refractivity (Wildman–Crippen MR) is 137 cm³/mol. The lowest BCUT2D eigenvalue weighted by Gasteiger charge is -2.42. The minimum absolute atomic E-state index is 0.0380. The fourth-order valence-electron chi connectivity index (χ4n) is 6.20. The standard InChI is InChI=1S/C30H24N2O2/c33-28-26-27(23-16-15-20-10-3-5-13-22(20)25(23)31-26)32(29(34)30(28)17-6-1-7-18-30)24-14-8-11-19-9-2-4-12-21(19)24/h2-5,8-16,31H,1,6-7,17-18H2. The van der Waals surface area contributed by atoms with Crippen LogP contribution in [-0.2, 0) is 4.79 Å². The van der Waals surface area contributed by atoms with Crippen LogP contribution in [-0.4, -0.2) is 16.7 Å². The van der Waals surface area contributed by atoms with Gasteiger partial charge in [0.05, 0.1) is 16.9 Å². The van der Waals surface area contributed by atoms with Gasteiger partial charge in [-0.3, -0.25) is 14.5 Å².